The van der Waals surface area contributed by atoms with Crippen molar-refractivity contribution in [1.29, 1.82) is 0 Å². The van der Waals surface area contributed by atoms with Crippen LogP contribution in [0.2, 0.25) is 0 Å². The molecule has 2 unspecified atom stereocenters. The first-order chi connectivity index (χ1) is 15.2. The number of hydrogen-bond donors (Lipinski definition) is 3. The van der Waals surface area contributed by atoms with E-state index in [1.807, 2.05) is 0 Å². The van der Waals surface area contributed by atoms with Crippen LogP contribution in [0.5, 0.6) is 0 Å². The lowest BCUT2D eigenvalue weighted by atomic mass is 9.94. The van der Waals surface area contributed by atoms with Gasteiger partial charge in [0.1, 0.15) is 11.6 Å². The summed E-state index contributed by atoms with van der Waals surface area (Å²) in [5.41, 5.74) is 5.42. The molecule has 0 saturated carbocycles. The van der Waals surface area contributed by atoms with Gasteiger partial charge in [0, 0.05) is 30.8 Å². The number of hydrogen-bond acceptors (Lipinski definition) is 7. The molecule has 2 aromatic rings. The van der Waals surface area contributed by atoms with E-state index in [1.165, 1.54) is 4.90 Å². The quantitative estimate of drug-likeness (QED) is 0.304. The summed E-state index contributed by atoms with van der Waals surface area (Å²) in [4.78, 5) is 30.6. The van der Waals surface area contributed by atoms with Crippen molar-refractivity contribution in [2.75, 3.05) is 6.54 Å². The molecule has 0 radical (unpaired) electrons. The van der Waals surface area contributed by atoms with E-state index in [4.69, 9.17) is 15.5 Å². The maximum atomic E-state index is 14.5. The monoisotopic (exact) mass is 503 g/mol. The number of halogens is 6. The highest BCUT2D eigenvalue weighted by molar-refractivity contribution is 7.46. The molecule has 33 heavy (non-hydrogen) atoms. The molecular weight excluding hydrogens is 487 g/mol. The molecule has 3 rings (SSSR count). The van der Waals surface area contributed by atoms with Crippen molar-refractivity contribution < 1.29 is 50.0 Å². The minimum Gasteiger partial charge on any atom is -0.371 e. The minimum absolute atomic E-state index is 0.188. The summed E-state index contributed by atoms with van der Waals surface area (Å²) in [5.74, 6) is -7.16. The third-order valence-electron chi connectivity index (χ3n) is 4.82. The van der Waals surface area contributed by atoms with E-state index < -0.39 is 73.9 Å². The van der Waals surface area contributed by atoms with Crippen LogP contribution in [-0.4, -0.2) is 48.0 Å². The molecule has 1 aromatic heterocycles. The Balaban J connectivity index is 1.96. The standard InChI is InChI=1S/C16H16F6N5O5P/c17-8-4-10(19)9(18)3-7(8)14(11(23)5-13(28)32-33(29,30)31)26-1-2-27-12(6-26)24-25-15(27)16(20,21)22/h3-4,11,14H,1-2,5-6,23H2,(H2,29,30,31). The predicted molar refractivity (Wildman–Crippen MR) is 95.2 cm³/mol. The van der Waals surface area contributed by atoms with Gasteiger partial charge in [-0.25, -0.2) is 17.7 Å². The second-order valence-electron chi connectivity index (χ2n) is 7.11. The highest BCUT2D eigenvalue weighted by Crippen LogP contribution is 2.38. The van der Waals surface area contributed by atoms with Crippen LogP contribution in [0.1, 0.15) is 29.7 Å². The van der Waals surface area contributed by atoms with Crippen molar-refractivity contribution in [2.45, 2.75) is 37.8 Å². The van der Waals surface area contributed by atoms with Crippen molar-refractivity contribution >= 4 is 13.8 Å². The maximum Gasteiger partial charge on any atom is 0.526 e. The van der Waals surface area contributed by atoms with Crippen LogP contribution in [-0.2, 0) is 33.1 Å². The molecule has 0 bridgehead atoms. The number of carbonyl (C=O) groups is 1. The van der Waals surface area contributed by atoms with Crippen LogP contribution in [0.15, 0.2) is 12.1 Å². The highest BCUT2D eigenvalue weighted by Gasteiger charge is 2.41. The summed E-state index contributed by atoms with van der Waals surface area (Å²) < 4.78 is 96.6. The number of nitrogens with zero attached hydrogens (tertiary/aromatic N) is 4. The second kappa shape index (κ2) is 9.02. The van der Waals surface area contributed by atoms with Crippen molar-refractivity contribution in [3.63, 3.8) is 0 Å². The van der Waals surface area contributed by atoms with Crippen molar-refractivity contribution in [2.24, 2.45) is 5.73 Å². The van der Waals surface area contributed by atoms with E-state index in [-0.39, 0.29) is 25.0 Å². The molecule has 0 spiro atoms. The molecule has 182 valence electrons. The zero-order chi connectivity index (χ0) is 24.7. The summed E-state index contributed by atoms with van der Waals surface area (Å²) in [6.45, 7) is -0.954. The zero-order valence-electron chi connectivity index (χ0n) is 16.3. The Hall–Kier alpha value is -2.52. The van der Waals surface area contributed by atoms with Crippen LogP contribution < -0.4 is 5.73 Å². The first kappa shape index (κ1) is 25.1. The van der Waals surface area contributed by atoms with Gasteiger partial charge in [0.25, 0.3) is 0 Å². The van der Waals surface area contributed by atoms with Gasteiger partial charge in [-0.05, 0) is 6.07 Å². The first-order valence-corrected chi connectivity index (χ1v) is 10.6. The number of aromatic nitrogens is 3. The Kier molecular flexibility index (Phi) is 6.87. The van der Waals surface area contributed by atoms with Crippen molar-refractivity contribution in [3.05, 3.63) is 46.8 Å². The largest absolute Gasteiger partial charge is 0.526 e. The number of nitrogens with two attached hydrogens (primary N) is 1. The summed E-state index contributed by atoms with van der Waals surface area (Å²) in [6, 6.07) is -2.24. The van der Waals surface area contributed by atoms with E-state index in [0.29, 0.717) is 6.07 Å². The lowest BCUT2D eigenvalue weighted by molar-refractivity contribution is -0.148. The van der Waals surface area contributed by atoms with E-state index in [2.05, 4.69) is 14.7 Å². The molecule has 1 aliphatic heterocycles. The molecule has 0 fully saturated rings. The average molecular weight is 503 g/mol. The number of phosphoric ester groups is 1. The van der Waals surface area contributed by atoms with Gasteiger partial charge in [0.2, 0.25) is 5.82 Å². The number of carbonyl (C=O) groups excluding carboxylic acids is 1. The summed E-state index contributed by atoms with van der Waals surface area (Å²) in [6.07, 6.45) is -5.69. The Morgan fingerprint density at radius 3 is 2.39 bits per heavy atom. The van der Waals surface area contributed by atoms with E-state index in [0.717, 1.165) is 4.57 Å². The molecule has 10 nitrogen and oxygen atoms in total. The van der Waals surface area contributed by atoms with Gasteiger partial charge in [-0.15, -0.1) is 10.2 Å². The summed E-state index contributed by atoms with van der Waals surface area (Å²) in [5, 5.41) is 6.56. The second-order valence-corrected chi connectivity index (χ2v) is 8.28. The van der Waals surface area contributed by atoms with Gasteiger partial charge in [-0.1, -0.05) is 0 Å². The molecule has 17 heteroatoms. The van der Waals surface area contributed by atoms with Crippen molar-refractivity contribution in [3.8, 4) is 0 Å². The molecule has 2 heterocycles. The van der Waals surface area contributed by atoms with E-state index in [1.54, 1.807) is 0 Å². The van der Waals surface area contributed by atoms with Gasteiger partial charge in [-0.3, -0.25) is 19.5 Å². The van der Waals surface area contributed by atoms with Crippen LogP contribution in [0.4, 0.5) is 26.3 Å². The maximum absolute atomic E-state index is 14.5. The highest BCUT2D eigenvalue weighted by atomic mass is 31.2. The van der Waals surface area contributed by atoms with Gasteiger partial charge < -0.3 is 14.8 Å². The molecular formula is C16H16F6N5O5P. The zero-order valence-corrected chi connectivity index (χ0v) is 17.2. The topological polar surface area (TPSA) is 144 Å². The van der Waals surface area contributed by atoms with Gasteiger partial charge in [-0.2, -0.15) is 13.2 Å². The molecule has 0 saturated heterocycles. The number of rotatable bonds is 6. The average Bonchev–Trinajstić information content (AvgIpc) is 3.08. The van der Waals surface area contributed by atoms with Crippen molar-refractivity contribution in [1.82, 2.24) is 19.7 Å². The lowest BCUT2D eigenvalue weighted by Crippen LogP contribution is -2.46. The van der Waals surface area contributed by atoms with Crippen LogP contribution in [0.3, 0.4) is 0 Å². The smallest absolute Gasteiger partial charge is 0.371 e. The van der Waals surface area contributed by atoms with Gasteiger partial charge in [0.15, 0.2) is 11.6 Å². The predicted octanol–water partition coefficient (Wildman–Crippen LogP) is 1.62. The summed E-state index contributed by atoms with van der Waals surface area (Å²) in [7, 11) is -5.22. The number of alkyl halides is 3. The van der Waals surface area contributed by atoms with E-state index in [9.17, 15) is 35.7 Å². The fourth-order valence-corrected chi connectivity index (χ4v) is 3.90. The van der Waals surface area contributed by atoms with Gasteiger partial charge in [0.05, 0.1) is 19.0 Å². The number of benzene rings is 1. The first-order valence-electron chi connectivity index (χ1n) is 9.08. The fraction of sp³-hybridized carbons (Fsp3) is 0.438. The van der Waals surface area contributed by atoms with Gasteiger partial charge >= 0.3 is 20.0 Å². The Morgan fingerprint density at radius 1 is 1.15 bits per heavy atom. The Bertz CT molecular complexity index is 1110. The van der Waals surface area contributed by atoms with Crippen LogP contribution in [0.25, 0.3) is 0 Å². The van der Waals surface area contributed by atoms with E-state index >= 15 is 0 Å². The molecule has 1 aromatic carbocycles. The molecule has 0 amide bonds. The number of fused-ring (bicyclic) bond motifs is 1. The van der Waals surface area contributed by atoms with Crippen LogP contribution >= 0.6 is 7.82 Å². The Labute approximate surface area is 181 Å². The fourth-order valence-electron chi connectivity index (χ4n) is 3.56. The molecule has 0 aliphatic carbocycles. The summed E-state index contributed by atoms with van der Waals surface area (Å²) >= 11 is 0. The third kappa shape index (κ3) is 5.70. The minimum atomic E-state index is -5.22. The molecule has 2 atom stereocenters. The molecule has 4 N–H and O–H groups in total. The SMILES string of the molecule is NC(CC(=O)OP(=O)(O)O)C(c1cc(F)c(F)cc1F)N1CCn2c(nnc2C(F)(F)F)C1. The normalized spacial score (nSPS) is 16.9. The lowest BCUT2D eigenvalue weighted by Gasteiger charge is -2.38. The van der Waals surface area contributed by atoms with Crippen LogP contribution in [0, 0.1) is 17.5 Å². The number of phosphoric acid groups is 1. The third-order valence-corrected chi connectivity index (χ3v) is 5.26. The Morgan fingerprint density at radius 2 is 1.79 bits per heavy atom. The molecule has 1 aliphatic rings.